The second-order valence-corrected chi connectivity index (χ2v) is 4.69. The molecule has 0 radical (unpaired) electrons. The Morgan fingerprint density at radius 3 is 2.67 bits per heavy atom. The molecule has 2 aromatic heterocycles. The fourth-order valence-electron chi connectivity index (χ4n) is 1.91. The maximum atomic E-state index is 5.71. The number of nitrogens with one attached hydrogen (secondary N) is 1. The lowest BCUT2D eigenvalue weighted by atomic mass is 10.3. The van der Waals surface area contributed by atoms with Crippen LogP contribution in [0.1, 0.15) is 24.0 Å². The van der Waals surface area contributed by atoms with Gasteiger partial charge in [-0.2, -0.15) is 0 Å². The lowest BCUT2D eigenvalue weighted by molar-refractivity contribution is 0.298. The van der Waals surface area contributed by atoms with E-state index in [1.165, 1.54) is 0 Å². The number of aromatic nitrogens is 2. The summed E-state index contributed by atoms with van der Waals surface area (Å²) in [5, 5.41) is 3.23. The molecular weight excluding hydrogens is 266 g/mol. The molecule has 21 heavy (non-hydrogen) atoms. The number of pyridine rings is 2. The molecule has 0 aromatic carbocycles. The smallest absolute Gasteiger partial charge is 0.138 e. The van der Waals surface area contributed by atoms with E-state index in [9.17, 15) is 0 Å². The van der Waals surface area contributed by atoms with E-state index in [1.807, 2.05) is 31.2 Å². The molecule has 0 bridgehead atoms. The van der Waals surface area contributed by atoms with Crippen molar-refractivity contribution in [2.45, 2.75) is 27.0 Å². The zero-order valence-electron chi connectivity index (χ0n) is 12.7. The lowest BCUT2D eigenvalue weighted by Gasteiger charge is -2.08. The summed E-state index contributed by atoms with van der Waals surface area (Å²) in [5.41, 5.74) is 2.75. The van der Waals surface area contributed by atoms with Crippen molar-refractivity contribution in [3.05, 3.63) is 47.5 Å². The van der Waals surface area contributed by atoms with Gasteiger partial charge in [-0.15, -0.1) is 0 Å². The van der Waals surface area contributed by atoms with Gasteiger partial charge in [0.05, 0.1) is 24.7 Å². The molecule has 0 unspecified atom stereocenters. The highest BCUT2D eigenvalue weighted by molar-refractivity contribution is 5.27. The highest BCUT2D eigenvalue weighted by Crippen LogP contribution is 2.16. The van der Waals surface area contributed by atoms with Gasteiger partial charge in [0, 0.05) is 24.4 Å². The van der Waals surface area contributed by atoms with Crippen molar-refractivity contribution < 1.29 is 9.47 Å². The van der Waals surface area contributed by atoms with Gasteiger partial charge in [-0.3, -0.25) is 9.97 Å². The number of hydrogen-bond acceptors (Lipinski definition) is 5. The van der Waals surface area contributed by atoms with Crippen LogP contribution in [0.5, 0.6) is 11.5 Å². The summed E-state index contributed by atoms with van der Waals surface area (Å²) < 4.78 is 10.9. The van der Waals surface area contributed by atoms with Crippen LogP contribution in [0.4, 0.5) is 0 Å². The van der Waals surface area contributed by atoms with Crippen LogP contribution in [0.25, 0.3) is 0 Å². The highest BCUT2D eigenvalue weighted by Gasteiger charge is 2.02. The van der Waals surface area contributed by atoms with Crippen molar-refractivity contribution in [3.63, 3.8) is 0 Å². The lowest BCUT2D eigenvalue weighted by Crippen LogP contribution is -2.12. The van der Waals surface area contributed by atoms with Crippen LogP contribution >= 0.6 is 0 Å². The van der Waals surface area contributed by atoms with Gasteiger partial charge in [0.1, 0.15) is 18.1 Å². The predicted octanol–water partition coefficient (Wildman–Crippen LogP) is 2.48. The van der Waals surface area contributed by atoms with Gasteiger partial charge in [0.25, 0.3) is 0 Å². The van der Waals surface area contributed by atoms with Crippen LogP contribution in [0.2, 0.25) is 0 Å². The van der Waals surface area contributed by atoms with E-state index in [1.54, 1.807) is 13.3 Å². The Hall–Kier alpha value is -2.14. The molecule has 0 amide bonds. The van der Waals surface area contributed by atoms with E-state index in [4.69, 9.17) is 9.47 Å². The third-order valence-corrected chi connectivity index (χ3v) is 2.96. The topological polar surface area (TPSA) is 56.3 Å². The van der Waals surface area contributed by atoms with Crippen LogP contribution in [0.3, 0.4) is 0 Å². The molecule has 0 fully saturated rings. The van der Waals surface area contributed by atoms with Crippen molar-refractivity contribution in [1.82, 2.24) is 15.3 Å². The molecule has 0 saturated heterocycles. The van der Waals surface area contributed by atoms with Crippen molar-refractivity contribution in [2.24, 2.45) is 0 Å². The van der Waals surface area contributed by atoms with E-state index in [0.717, 1.165) is 41.7 Å². The Morgan fingerprint density at radius 2 is 2.00 bits per heavy atom. The summed E-state index contributed by atoms with van der Waals surface area (Å²) in [7, 11) is 1.65. The summed E-state index contributed by atoms with van der Waals surface area (Å²) in [6.45, 7) is 6.10. The first-order valence-corrected chi connectivity index (χ1v) is 7.01. The quantitative estimate of drug-likeness (QED) is 0.848. The molecule has 2 aromatic rings. The summed E-state index contributed by atoms with van der Waals surface area (Å²) in [6.07, 6.45) is 1.74. The van der Waals surface area contributed by atoms with Crippen LogP contribution in [0.15, 0.2) is 30.5 Å². The molecule has 2 rings (SSSR count). The van der Waals surface area contributed by atoms with E-state index in [-0.39, 0.29) is 0 Å². The average molecular weight is 287 g/mol. The summed E-state index contributed by atoms with van der Waals surface area (Å²) in [4.78, 5) is 8.77. The van der Waals surface area contributed by atoms with Gasteiger partial charge in [-0.25, -0.2) is 0 Å². The second-order valence-electron chi connectivity index (χ2n) is 4.69. The highest BCUT2D eigenvalue weighted by atomic mass is 16.5. The minimum Gasteiger partial charge on any atom is -0.497 e. The van der Waals surface area contributed by atoms with E-state index in [2.05, 4.69) is 22.2 Å². The summed E-state index contributed by atoms with van der Waals surface area (Å²) in [6, 6.07) is 7.65. The van der Waals surface area contributed by atoms with Crippen molar-refractivity contribution in [2.75, 3.05) is 13.7 Å². The average Bonchev–Trinajstić information content (AvgIpc) is 2.51. The number of aryl methyl sites for hydroxylation is 1. The van der Waals surface area contributed by atoms with E-state index in [0.29, 0.717) is 6.61 Å². The van der Waals surface area contributed by atoms with Crippen LogP contribution in [0, 0.1) is 6.92 Å². The number of hydrogen-bond donors (Lipinski definition) is 1. The number of methoxy groups -OCH3 is 1. The number of rotatable bonds is 7. The molecule has 0 saturated carbocycles. The molecule has 2 heterocycles. The maximum Gasteiger partial charge on any atom is 0.138 e. The van der Waals surface area contributed by atoms with Crippen LogP contribution in [-0.4, -0.2) is 23.6 Å². The van der Waals surface area contributed by atoms with Gasteiger partial charge in [0.15, 0.2) is 0 Å². The van der Waals surface area contributed by atoms with Crippen molar-refractivity contribution in [3.8, 4) is 11.5 Å². The molecule has 5 heteroatoms. The first-order chi connectivity index (χ1) is 10.2. The van der Waals surface area contributed by atoms with Gasteiger partial charge in [0.2, 0.25) is 0 Å². The SMILES string of the molecule is CCNCc1ccc(OCc2cc(OC)cc(C)n2)cn1. The third kappa shape index (κ3) is 4.72. The van der Waals surface area contributed by atoms with E-state index < -0.39 is 0 Å². The molecule has 0 aliphatic carbocycles. The first-order valence-electron chi connectivity index (χ1n) is 7.01. The van der Waals surface area contributed by atoms with Crippen molar-refractivity contribution in [1.29, 1.82) is 0 Å². The molecule has 0 aliphatic rings. The van der Waals surface area contributed by atoms with Gasteiger partial charge in [-0.1, -0.05) is 6.92 Å². The predicted molar refractivity (Wildman–Crippen MR) is 81.5 cm³/mol. The second kappa shape index (κ2) is 7.59. The van der Waals surface area contributed by atoms with E-state index >= 15 is 0 Å². The summed E-state index contributed by atoms with van der Waals surface area (Å²) >= 11 is 0. The fraction of sp³-hybridized carbons (Fsp3) is 0.375. The third-order valence-electron chi connectivity index (χ3n) is 2.96. The normalized spacial score (nSPS) is 10.4. The molecule has 112 valence electrons. The Balaban J connectivity index is 1.95. The standard InChI is InChI=1S/C16H21N3O2/c1-4-17-9-13-5-6-15(10-18-13)21-11-14-8-16(20-3)7-12(2)19-14/h5-8,10,17H,4,9,11H2,1-3H3. The Morgan fingerprint density at radius 1 is 1.14 bits per heavy atom. The van der Waals surface area contributed by atoms with Crippen LogP contribution in [-0.2, 0) is 13.2 Å². The summed E-state index contributed by atoms with van der Waals surface area (Å²) in [5.74, 6) is 1.53. The Labute approximate surface area is 125 Å². The number of ether oxygens (including phenoxy) is 2. The Kier molecular flexibility index (Phi) is 5.51. The maximum absolute atomic E-state index is 5.71. The molecule has 5 nitrogen and oxygen atoms in total. The zero-order chi connectivity index (χ0) is 15.1. The number of nitrogens with zero attached hydrogens (tertiary/aromatic N) is 2. The molecule has 1 N–H and O–H groups in total. The van der Waals surface area contributed by atoms with Gasteiger partial charge < -0.3 is 14.8 Å². The Bertz CT molecular complexity index is 570. The largest absolute Gasteiger partial charge is 0.497 e. The van der Waals surface area contributed by atoms with Gasteiger partial charge in [-0.05, 0) is 25.6 Å². The zero-order valence-corrected chi connectivity index (χ0v) is 12.7. The molecule has 0 spiro atoms. The van der Waals surface area contributed by atoms with Crippen LogP contribution < -0.4 is 14.8 Å². The monoisotopic (exact) mass is 287 g/mol. The van der Waals surface area contributed by atoms with Gasteiger partial charge >= 0.3 is 0 Å². The molecule has 0 atom stereocenters. The fourth-order valence-corrected chi connectivity index (χ4v) is 1.91. The molecular formula is C16H21N3O2. The molecule has 0 aliphatic heterocycles. The minimum absolute atomic E-state index is 0.395. The first kappa shape index (κ1) is 15.3. The van der Waals surface area contributed by atoms with Crippen molar-refractivity contribution >= 4 is 0 Å². The minimum atomic E-state index is 0.395.